The second-order valence-corrected chi connectivity index (χ2v) is 7.69. The molecule has 2 aromatic rings. The summed E-state index contributed by atoms with van der Waals surface area (Å²) in [5.74, 6) is 2.33. The summed E-state index contributed by atoms with van der Waals surface area (Å²) < 4.78 is 4.62. The minimum absolute atomic E-state index is 0.0739. The third-order valence-corrected chi connectivity index (χ3v) is 7.36. The van der Waals surface area contributed by atoms with Crippen LogP contribution in [0.15, 0.2) is 39.9 Å². The molecule has 0 saturated heterocycles. The van der Waals surface area contributed by atoms with Crippen molar-refractivity contribution in [2.24, 2.45) is 35.0 Å². The molecule has 0 spiro atoms. The molecule has 8 rings (SSSR count). The van der Waals surface area contributed by atoms with E-state index in [-0.39, 0.29) is 28.9 Å². The molecule has 112 valence electrons. The van der Waals surface area contributed by atoms with E-state index in [1.165, 1.54) is 4.57 Å². The molecule has 2 aliphatic heterocycles. The van der Waals surface area contributed by atoms with Crippen molar-refractivity contribution in [1.82, 2.24) is 13.9 Å². The van der Waals surface area contributed by atoms with Crippen molar-refractivity contribution in [3.05, 3.63) is 51.3 Å². The first-order valence-electron chi connectivity index (χ1n) is 8.16. The number of hydrogen-bond acceptors (Lipinski definition) is 3. The van der Waals surface area contributed by atoms with Gasteiger partial charge >= 0.3 is 11.4 Å². The van der Waals surface area contributed by atoms with Crippen molar-refractivity contribution < 1.29 is 0 Å². The molecule has 4 saturated carbocycles. The molecule has 0 unspecified atom stereocenters. The number of nitrogens with zero attached hydrogens (tertiary/aromatic N) is 4. The topological polar surface area (TPSA) is 72.7 Å². The lowest BCUT2D eigenvalue weighted by Gasteiger charge is -2.39. The Bertz CT molecular complexity index is 1090. The first kappa shape index (κ1) is 11.1. The van der Waals surface area contributed by atoms with Gasteiger partial charge in [0.2, 0.25) is 0 Å². The number of hydrogen-bond donors (Lipinski definition) is 0. The van der Waals surface area contributed by atoms with Crippen LogP contribution in [0.1, 0.15) is 12.1 Å². The molecule has 1 aromatic carbocycles. The Morgan fingerprint density at radius 1 is 0.957 bits per heavy atom. The van der Waals surface area contributed by atoms with Gasteiger partial charge in [-0.3, -0.25) is 0 Å². The lowest BCUT2D eigenvalue weighted by atomic mass is 9.80. The highest BCUT2D eigenvalue weighted by molar-refractivity contribution is 5.48. The van der Waals surface area contributed by atoms with Gasteiger partial charge in [0, 0.05) is 5.92 Å². The fraction of sp³-hybridized carbons (Fsp3) is 0.471. The summed E-state index contributed by atoms with van der Waals surface area (Å²) in [6.07, 6.45) is 0. The van der Waals surface area contributed by atoms with Gasteiger partial charge < -0.3 is 0 Å². The summed E-state index contributed by atoms with van der Waals surface area (Å²) in [4.78, 5) is 26.0. The minimum Gasteiger partial charge on any atom is -0.245 e. The van der Waals surface area contributed by atoms with E-state index >= 15 is 0 Å². The second kappa shape index (κ2) is 2.82. The van der Waals surface area contributed by atoms with E-state index in [0.29, 0.717) is 35.3 Å². The number of nitriles is 1. The van der Waals surface area contributed by atoms with Crippen LogP contribution in [0.2, 0.25) is 0 Å². The predicted octanol–water partition coefficient (Wildman–Crippen LogP) is 0.542. The molecule has 8 atom stereocenters. The fourth-order valence-corrected chi connectivity index (χ4v) is 6.90. The van der Waals surface area contributed by atoms with Crippen LogP contribution in [0.3, 0.4) is 0 Å². The lowest BCUT2D eigenvalue weighted by Crippen LogP contribution is -2.48. The van der Waals surface area contributed by atoms with Crippen LogP contribution in [-0.4, -0.2) is 13.9 Å². The van der Waals surface area contributed by atoms with Crippen molar-refractivity contribution in [1.29, 1.82) is 5.26 Å². The number of benzene rings is 1. The highest BCUT2D eigenvalue weighted by Crippen LogP contribution is 2.96. The zero-order valence-electron chi connectivity index (χ0n) is 12.0. The molecular formula is C17H12N4O2. The summed E-state index contributed by atoms with van der Waals surface area (Å²) in [5, 5.41) is 9.77. The Labute approximate surface area is 130 Å². The zero-order valence-corrected chi connectivity index (χ0v) is 12.0. The van der Waals surface area contributed by atoms with Crippen LogP contribution in [0, 0.1) is 46.3 Å². The molecule has 6 aliphatic rings. The maximum atomic E-state index is 13.0. The van der Waals surface area contributed by atoms with E-state index in [1.54, 1.807) is 21.5 Å². The van der Waals surface area contributed by atoms with Gasteiger partial charge in [0.15, 0.2) is 0 Å². The third kappa shape index (κ3) is 0.792. The van der Waals surface area contributed by atoms with Crippen molar-refractivity contribution >= 4 is 0 Å². The highest BCUT2D eigenvalue weighted by Gasteiger charge is 2.97. The van der Waals surface area contributed by atoms with E-state index in [4.69, 9.17) is 0 Å². The third-order valence-electron chi connectivity index (χ3n) is 7.36. The number of rotatable bonds is 1. The zero-order chi connectivity index (χ0) is 15.2. The Balaban J connectivity index is 1.58. The fourth-order valence-electron chi connectivity index (χ4n) is 6.90. The van der Waals surface area contributed by atoms with Gasteiger partial charge in [0.1, 0.15) is 0 Å². The molecule has 1 aromatic heterocycles. The average molecular weight is 304 g/mol. The lowest BCUT2D eigenvalue weighted by molar-refractivity contribution is 0.0819. The van der Waals surface area contributed by atoms with Crippen LogP contribution in [-0.2, 0) is 0 Å². The SMILES string of the molecule is N#C[C@@]12[C@@H]3[C@H]4[C@H]5[C@H]4[C@@H]1n1c(=O)n(-c4ccccc4)c(=O)n1[C@H]5[C@H]32. The van der Waals surface area contributed by atoms with Crippen molar-refractivity contribution in [3.63, 3.8) is 0 Å². The van der Waals surface area contributed by atoms with Gasteiger partial charge in [0.05, 0.1) is 29.3 Å². The minimum atomic E-state index is -0.353. The van der Waals surface area contributed by atoms with Crippen LogP contribution in [0.5, 0.6) is 0 Å². The maximum absolute atomic E-state index is 13.0. The molecule has 4 aliphatic carbocycles. The van der Waals surface area contributed by atoms with Gasteiger partial charge in [0.25, 0.3) is 0 Å². The molecular weight excluding hydrogens is 292 g/mol. The summed E-state index contributed by atoms with van der Waals surface area (Å²) in [7, 11) is 0. The van der Waals surface area contributed by atoms with Crippen molar-refractivity contribution in [2.45, 2.75) is 12.1 Å². The Hall–Kier alpha value is -2.55. The molecule has 3 heterocycles. The van der Waals surface area contributed by atoms with Gasteiger partial charge in [-0.1, -0.05) is 18.2 Å². The van der Waals surface area contributed by atoms with Gasteiger partial charge in [-0.25, -0.2) is 23.5 Å². The summed E-state index contributed by atoms with van der Waals surface area (Å²) in [6, 6.07) is 11.6. The first-order chi connectivity index (χ1) is 11.2. The van der Waals surface area contributed by atoms with Crippen LogP contribution >= 0.6 is 0 Å². The molecule has 0 amide bonds. The predicted molar refractivity (Wildman–Crippen MR) is 77.9 cm³/mol. The molecule has 6 heteroatoms. The number of aromatic nitrogens is 3. The molecule has 23 heavy (non-hydrogen) atoms. The van der Waals surface area contributed by atoms with E-state index in [1.807, 2.05) is 18.2 Å². The van der Waals surface area contributed by atoms with E-state index in [9.17, 15) is 14.9 Å². The number of para-hydroxylation sites is 1. The molecule has 0 radical (unpaired) electrons. The molecule has 0 N–H and O–H groups in total. The summed E-state index contributed by atoms with van der Waals surface area (Å²) in [5.41, 5.74) is -0.259. The van der Waals surface area contributed by atoms with Crippen LogP contribution in [0.4, 0.5) is 0 Å². The Morgan fingerprint density at radius 3 is 2.43 bits per heavy atom. The normalized spacial score (nSPS) is 48.0. The Morgan fingerprint density at radius 2 is 1.70 bits per heavy atom. The monoisotopic (exact) mass is 304 g/mol. The van der Waals surface area contributed by atoms with E-state index in [2.05, 4.69) is 6.07 Å². The van der Waals surface area contributed by atoms with Gasteiger partial charge in [-0.15, -0.1) is 0 Å². The molecule has 2 bridgehead atoms. The molecule has 4 fully saturated rings. The largest absolute Gasteiger partial charge is 0.352 e. The van der Waals surface area contributed by atoms with Gasteiger partial charge in [-0.2, -0.15) is 5.26 Å². The summed E-state index contributed by atoms with van der Waals surface area (Å²) in [6.45, 7) is 0. The highest BCUT2D eigenvalue weighted by atomic mass is 16.2. The molecule has 6 nitrogen and oxygen atoms in total. The average Bonchev–Trinajstić information content (AvgIpc) is 3.36. The summed E-state index contributed by atoms with van der Waals surface area (Å²) >= 11 is 0. The quantitative estimate of drug-likeness (QED) is 0.772. The van der Waals surface area contributed by atoms with Crippen LogP contribution < -0.4 is 11.4 Å². The van der Waals surface area contributed by atoms with Gasteiger partial charge in [-0.05, 0) is 35.8 Å². The van der Waals surface area contributed by atoms with Crippen LogP contribution in [0.25, 0.3) is 5.69 Å². The van der Waals surface area contributed by atoms with E-state index in [0.717, 1.165) is 0 Å². The van der Waals surface area contributed by atoms with E-state index < -0.39 is 0 Å². The second-order valence-electron chi connectivity index (χ2n) is 7.69. The first-order valence-corrected chi connectivity index (χ1v) is 8.16. The standard InChI is InChI=1S/C17H12N4O2/c18-6-17-11-8-9-10(8)14(17)21-16(23)19(7-4-2-1-3-5-7)15(22)20(21)13(9)12(11)17/h1-5,8-14H/t8-,9-,10-,11+,12-,13+,14-,17-/m0/s1. The van der Waals surface area contributed by atoms with Crippen molar-refractivity contribution in [3.8, 4) is 11.8 Å². The Kier molecular flexibility index (Phi) is 1.36. The maximum Gasteiger partial charge on any atom is 0.352 e. The van der Waals surface area contributed by atoms with Crippen molar-refractivity contribution in [2.75, 3.05) is 0 Å². The smallest absolute Gasteiger partial charge is 0.245 e.